The number of piperidine rings is 1. The molecule has 16 aromatic rings. The molecule has 0 spiro atoms. The number of aryl methyl sites for hydroxylation is 2. The summed E-state index contributed by atoms with van der Waals surface area (Å²) in [7, 11) is 16.6. The molecule has 8 radical (unpaired) electrons. The fraction of sp³-hybridized carbons (Fsp3) is 0.327. The number of aliphatic hydroxyl groups excluding tert-OH is 2. The van der Waals surface area contributed by atoms with E-state index in [0.29, 0.717) is 125 Å². The number of carboxylic acid groups (broad SMARTS) is 1. The monoisotopic (exact) mass is 2380 g/mol. The first kappa shape index (κ1) is 129. The number of fused-ring (bicyclic) bond motifs is 4. The van der Waals surface area contributed by atoms with E-state index < -0.39 is 11.6 Å². The molecule has 806 valence electrons. The Morgan fingerprint density at radius 2 is 0.682 bits per heavy atom. The van der Waals surface area contributed by atoms with Gasteiger partial charge in [-0.15, -0.1) is 0 Å². The van der Waals surface area contributed by atoms with Crippen LogP contribution in [0.25, 0.3) is 89.2 Å². The predicted molar refractivity (Wildman–Crippen MR) is 546 cm³/mol. The molecule has 18 rings (SSSR count). The normalized spacial score (nSPS) is 11.6. The molecule has 8 aromatic carbocycles. The number of methoxy groups -OCH3 is 8. The second-order valence-corrected chi connectivity index (χ2v) is 33.7. The van der Waals surface area contributed by atoms with Gasteiger partial charge >= 0.3 is 12.1 Å². The van der Waals surface area contributed by atoms with E-state index in [2.05, 4.69) is 57.3 Å². The molecule has 1 saturated carbocycles. The number of aliphatic hydroxyl groups is 2. The average molecular weight is 2380 g/mol. The standard InChI is InChI=1S/C34H42N6O4.C23H25N5O4.C22H24N6O2.C22H21N5O4.3CH4.8Co/c1-34(2,3)44-33(41)38-12-10-24(11-13-38)20-39-22-25(18-36-39)32-19-35-30-9-8-26(16-31(30)37-32)40(21-23-6-7-23)27-14-28(42-4)17-29(15-27)43-5;1-31-19-9-18(10-20(12-19)32-2)28(6-8-30)17-3-4-21-22(11-17)26-23(14-24-21)16-13-25-27(15-16)5-7-29;1-27-14-15(12-25-27)22-13-24-20-5-4-16(10-21(20)26-22)28(7-6-23)17-8-18(29-2)11-19(9-17)30-3;1-26-12-14(10-24-26)21-11-23-19-5-4-15(8-20(19)25-21)27(13-22(28)29)16-6-17(30-2)9-18(7-16)31-3;;;;;;;;;;;/h8-9,14-19,22-24H,6-7,10-13,20-21H2,1-5H3;3-4,9-15,29-30H,5-8H2,1-2H3;4-5,8-14H,6-7,23H2,1-3H3;4-12H,13H2,1-3H3,(H,28,29);3*1H4;;;;;;;;. The molecule has 0 atom stereocenters. The number of hydrogen-bond acceptors (Lipinski definition) is 30. The third-order valence-corrected chi connectivity index (χ3v) is 22.9. The summed E-state index contributed by atoms with van der Waals surface area (Å²) in [5.41, 5.74) is 24.9. The third-order valence-electron chi connectivity index (χ3n) is 22.9. The van der Waals surface area contributed by atoms with E-state index in [1.54, 1.807) is 137 Å². The van der Waals surface area contributed by atoms with E-state index in [0.717, 1.165) is 133 Å². The molecule has 148 heavy (non-hydrogen) atoms. The zero-order valence-electron chi connectivity index (χ0n) is 81.5. The number of hydrogen-bond donors (Lipinski definition) is 4. The van der Waals surface area contributed by atoms with Crippen LogP contribution in [0.5, 0.6) is 46.0 Å². The maximum absolute atomic E-state index is 12.4. The van der Waals surface area contributed by atoms with Crippen molar-refractivity contribution in [1.29, 1.82) is 0 Å². The Labute approximate surface area is 945 Å². The Morgan fingerprint density at radius 1 is 0.372 bits per heavy atom. The minimum absolute atomic E-state index is 0. The molecule has 1 saturated heterocycles. The SMILES string of the molecule is C.C.C.COc1cc(OC)cc(N(CC(=O)O)c2ccc3ncc(-c4cnn(C)c4)nc3c2)c1.COc1cc(OC)cc(N(CC2CC2)c2ccc3ncc(-c4cnn(CC5CCN(C(=O)OC(C)(C)C)CC5)c4)nc3c2)c1.COc1cc(OC)cc(N(CCN)c2ccc3ncc(-c4cnn(C)c4)nc3c2)c1.COc1cc(OC)cc(N(CCO)c2ccc3ncc(-c4cnn(CCO)c4)nc3c2)c1.[Co].[Co].[Co].[Co].[Co].[Co].[Co].[Co]. The Morgan fingerprint density at radius 3 is 0.993 bits per heavy atom. The van der Waals surface area contributed by atoms with Crippen LogP contribution in [0.1, 0.15) is 68.7 Å². The van der Waals surface area contributed by atoms with Crippen LogP contribution in [0.2, 0.25) is 0 Å². The van der Waals surface area contributed by atoms with Gasteiger partial charge in [-0.1, -0.05) is 22.3 Å². The number of carbonyl (C=O) groups is 2. The molecular formula is C104H124Co8N22O14. The van der Waals surface area contributed by atoms with E-state index in [1.165, 1.54) is 12.8 Å². The van der Waals surface area contributed by atoms with Crippen molar-refractivity contribution < 1.29 is 202 Å². The van der Waals surface area contributed by atoms with Crippen molar-refractivity contribution in [2.75, 3.05) is 136 Å². The van der Waals surface area contributed by atoms with Crippen molar-refractivity contribution in [2.45, 2.75) is 87.4 Å². The van der Waals surface area contributed by atoms with E-state index in [9.17, 15) is 19.8 Å². The number of nitrogens with two attached hydrogens (primary N) is 1. The zero-order valence-corrected chi connectivity index (χ0v) is 89.8. The molecule has 0 unspecified atom stereocenters. The van der Waals surface area contributed by atoms with Crippen molar-refractivity contribution in [2.24, 2.45) is 31.7 Å². The molecule has 5 N–H and O–H groups in total. The second-order valence-electron chi connectivity index (χ2n) is 33.7. The first-order valence-electron chi connectivity index (χ1n) is 44.6. The van der Waals surface area contributed by atoms with Crippen LogP contribution in [-0.2, 0) is 171 Å². The van der Waals surface area contributed by atoms with Crippen molar-refractivity contribution in [3.63, 3.8) is 0 Å². The molecule has 0 bridgehead atoms. The smallest absolute Gasteiger partial charge is 0.410 e. The molecule has 1 aliphatic carbocycles. The van der Waals surface area contributed by atoms with Crippen LogP contribution in [0.15, 0.2) is 220 Å². The molecule has 9 heterocycles. The van der Waals surface area contributed by atoms with Gasteiger partial charge in [0.25, 0.3) is 0 Å². The molecule has 1 aliphatic heterocycles. The van der Waals surface area contributed by atoms with Gasteiger partial charge in [-0.3, -0.25) is 43.5 Å². The summed E-state index contributed by atoms with van der Waals surface area (Å²) in [6.45, 7) is 10.4. The van der Waals surface area contributed by atoms with Crippen LogP contribution in [0.3, 0.4) is 0 Å². The van der Waals surface area contributed by atoms with Crippen molar-refractivity contribution in [3.8, 4) is 91.0 Å². The maximum atomic E-state index is 12.4. The summed E-state index contributed by atoms with van der Waals surface area (Å²) in [4.78, 5) is 71.5. The Balaban J connectivity index is 0.000000406. The minimum atomic E-state index is -0.975. The minimum Gasteiger partial charge on any atom is -0.497 e. The van der Waals surface area contributed by atoms with Crippen LogP contribution in [0.4, 0.5) is 50.3 Å². The number of ether oxygens (including phenoxy) is 9. The number of likely N-dealkylation sites (tertiary alicyclic amines) is 1. The number of anilines is 8. The molecule has 1 amide bonds. The zero-order chi connectivity index (χ0) is 96.4. The van der Waals surface area contributed by atoms with Gasteiger partial charge < -0.3 is 88.2 Å². The van der Waals surface area contributed by atoms with Gasteiger partial charge in [0.05, 0.1) is 193 Å². The molecular weight excluding hydrogens is 2250 g/mol. The third kappa shape index (κ3) is 33.4. The molecule has 36 nitrogen and oxygen atoms in total. The summed E-state index contributed by atoms with van der Waals surface area (Å²) in [5.74, 6) is 5.51. The number of amides is 1. The van der Waals surface area contributed by atoms with Crippen molar-refractivity contribution in [3.05, 3.63) is 220 Å². The number of carbonyl (C=O) groups excluding carboxylic acids is 1. The summed E-state index contributed by atoms with van der Waals surface area (Å²) < 4.78 is 56.1. The van der Waals surface area contributed by atoms with Gasteiger partial charge in [-0.25, -0.2) is 24.7 Å². The summed E-state index contributed by atoms with van der Waals surface area (Å²) in [6, 6.07) is 46.1. The summed E-state index contributed by atoms with van der Waals surface area (Å²) in [5, 5.41) is 45.6. The van der Waals surface area contributed by atoms with Gasteiger partial charge in [0.15, 0.2) is 0 Å². The molecule has 44 heteroatoms. The second kappa shape index (κ2) is 60.2. The molecule has 8 aromatic heterocycles. The van der Waals surface area contributed by atoms with Crippen LogP contribution in [0, 0.1) is 11.8 Å². The molecule has 2 aliphatic rings. The number of aliphatic carboxylic acids is 1. The fourth-order valence-corrected chi connectivity index (χ4v) is 15.8. The van der Waals surface area contributed by atoms with E-state index >= 15 is 0 Å². The van der Waals surface area contributed by atoms with Gasteiger partial charge in [0.1, 0.15) is 58.1 Å². The van der Waals surface area contributed by atoms with Crippen LogP contribution in [-0.4, -0.2) is 233 Å². The van der Waals surface area contributed by atoms with Gasteiger partial charge in [0.2, 0.25) is 0 Å². The number of rotatable bonds is 32. The number of benzene rings is 8. The topological polar surface area (TPSA) is 395 Å². The fourth-order valence-electron chi connectivity index (χ4n) is 15.8. The quantitative estimate of drug-likeness (QED) is 0.0304. The number of nitrogens with zero attached hydrogens (tertiary/aromatic N) is 21. The Hall–Kier alpha value is -11.8. The van der Waals surface area contributed by atoms with E-state index in [1.807, 2.05) is 196 Å². The predicted octanol–water partition coefficient (Wildman–Crippen LogP) is 17.6. The first-order chi connectivity index (χ1) is 66.4. The van der Waals surface area contributed by atoms with E-state index in [-0.39, 0.29) is 182 Å². The van der Waals surface area contributed by atoms with Crippen LogP contribution < -0.4 is 63.2 Å². The maximum Gasteiger partial charge on any atom is 0.410 e. The van der Waals surface area contributed by atoms with Crippen molar-refractivity contribution >= 4 is 102 Å². The Kier molecular flexibility index (Phi) is 52.3. The van der Waals surface area contributed by atoms with Gasteiger partial charge in [0, 0.05) is 359 Å². The van der Waals surface area contributed by atoms with Crippen LogP contribution >= 0.6 is 0 Å². The van der Waals surface area contributed by atoms with Gasteiger partial charge in [-0.2, -0.15) is 20.4 Å². The average Bonchev–Trinajstić information content (AvgIpc) is 1.29. The Bertz CT molecular complexity index is 6830. The number of aromatic nitrogens is 16. The number of carboxylic acids is 1. The first-order valence-corrected chi connectivity index (χ1v) is 44.6. The van der Waals surface area contributed by atoms with Crippen molar-refractivity contribution in [1.82, 2.24) is 83.9 Å². The summed E-state index contributed by atoms with van der Waals surface area (Å²) in [6.07, 6.45) is 25.8. The molecule has 2 fully saturated rings. The summed E-state index contributed by atoms with van der Waals surface area (Å²) >= 11 is 0. The van der Waals surface area contributed by atoms with Gasteiger partial charge in [-0.05, 0) is 131 Å². The largest absolute Gasteiger partial charge is 0.497 e. The van der Waals surface area contributed by atoms with E-state index in [4.69, 9.17) is 78.4 Å².